The van der Waals surface area contributed by atoms with Crippen molar-refractivity contribution in [1.82, 2.24) is 15.5 Å². The molecular weight excluding hydrogens is 475 g/mol. The van der Waals surface area contributed by atoms with E-state index in [0.29, 0.717) is 6.04 Å². The van der Waals surface area contributed by atoms with Crippen LogP contribution in [0.15, 0.2) is 29.3 Å². The van der Waals surface area contributed by atoms with Crippen LogP contribution in [0.2, 0.25) is 0 Å². The van der Waals surface area contributed by atoms with E-state index in [2.05, 4.69) is 58.6 Å². The number of rotatable bonds is 5. The van der Waals surface area contributed by atoms with Crippen LogP contribution < -0.4 is 10.6 Å². The molecule has 1 aliphatic heterocycles. The monoisotopic (exact) mass is 514 g/mol. The number of benzene rings is 1. The lowest BCUT2D eigenvalue weighted by Gasteiger charge is -2.32. The van der Waals surface area contributed by atoms with Crippen LogP contribution in [0.4, 0.5) is 0 Å². The molecule has 0 radical (unpaired) electrons. The molecule has 29 heavy (non-hydrogen) atoms. The summed E-state index contributed by atoms with van der Waals surface area (Å²) in [6, 6.07) is 9.39. The van der Waals surface area contributed by atoms with Gasteiger partial charge in [-0.25, -0.2) is 0 Å². The third kappa shape index (κ3) is 8.06. The fourth-order valence-electron chi connectivity index (χ4n) is 4.74. The Bertz CT molecular complexity index is 618. The van der Waals surface area contributed by atoms with Crippen LogP contribution in [0.25, 0.3) is 0 Å². The molecule has 0 amide bonds. The Kier molecular flexibility index (Phi) is 10.2. The summed E-state index contributed by atoms with van der Waals surface area (Å²) in [5, 5.41) is 16.7. The number of aliphatic imine (C=N–C) groups is 1. The summed E-state index contributed by atoms with van der Waals surface area (Å²) in [6.07, 6.45) is 5.49. The van der Waals surface area contributed by atoms with Gasteiger partial charge in [-0.1, -0.05) is 38.1 Å². The van der Waals surface area contributed by atoms with Crippen molar-refractivity contribution in [2.45, 2.75) is 71.2 Å². The molecule has 2 aliphatic rings. The van der Waals surface area contributed by atoms with Gasteiger partial charge in [-0.2, -0.15) is 0 Å². The number of piperidine rings is 1. The SMILES string of the molecule is CN=C(NCc1ccc(CN2CCC(O)CC2)cc1)NC1CC(C)CC(C)C1.I. The molecule has 1 saturated carbocycles. The second kappa shape index (κ2) is 12.1. The average Bonchev–Trinajstić information content (AvgIpc) is 2.67. The maximum atomic E-state index is 9.63. The summed E-state index contributed by atoms with van der Waals surface area (Å²) in [4.78, 5) is 6.84. The van der Waals surface area contributed by atoms with Crippen molar-refractivity contribution in [2.24, 2.45) is 16.8 Å². The standard InChI is InChI=1S/C23H38N4O.HI/c1-17-12-18(2)14-21(13-17)26-23(24-3)25-15-19-4-6-20(7-5-19)16-27-10-8-22(28)9-11-27;/h4-7,17-18,21-22,28H,8-16H2,1-3H3,(H2,24,25,26);1H. The quantitative estimate of drug-likeness (QED) is 0.318. The molecule has 2 unspecified atom stereocenters. The second-order valence-corrected chi connectivity index (χ2v) is 9.01. The molecule has 1 saturated heterocycles. The maximum Gasteiger partial charge on any atom is 0.191 e. The van der Waals surface area contributed by atoms with Gasteiger partial charge in [0.2, 0.25) is 0 Å². The topological polar surface area (TPSA) is 59.9 Å². The van der Waals surface area contributed by atoms with Crippen molar-refractivity contribution >= 4 is 29.9 Å². The Morgan fingerprint density at radius 3 is 2.21 bits per heavy atom. The number of aliphatic hydroxyl groups excluding tert-OH is 1. The van der Waals surface area contributed by atoms with Crippen molar-refractivity contribution in [2.75, 3.05) is 20.1 Å². The van der Waals surface area contributed by atoms with Crippen molar-refractivity contribution in [3.05, 3.63) is 35.4 Å². The van der Waals surface area contributed by atoms with Crippen LogP contribution in [-0.4, -0.2) is 48.2 Å². The lowest BCUT2D eigenvalue weighted by molar-refractivity contribution is 0.0792. The largest absolute Gasteiger partial charge is 0.393 e. The molecule has 1 heterocycles. The molecule has 3 rings (SSSR count). The first kappa shape index (κ1) is 24.4. The number of guanidine groups is 1. The lowest BCUT2D eigenvalue weighted by Crippen LogP contribution is -2.45. The molecule has 6 heteroatoms. The van der Waals surface area contributed by atoms with Crippen LogP contribution in [0.1, 0.15) is 57.1 Å². The number of halogens is 1. The zero-order valence-corrected chi connectivity index (χ0v) is 20.6. The molecule has 5 nitrogen and oxygen atoms in total. The highest BCUT2D eigenvalue weighted by molar-refractivity contribution is 14.0. The number of aliphatic hydroxyl groups is 1. The van der Waals surface area contributed by atoms with Gasteiger partial charge in [-0.15, -0.1) is 24.0 Å². The summed E-state index contributed by atoms with van der Waals surface area (Å²) in [5.41, 5.74) is 2.61. The Morgan fingerprint density at radius 1 is 1.03 bits per heavy atom. The van der Waals surface area contributed by atoms with E-state index in [9.17, 15) is 5.11 Å². The minimum absolute atomic E-state index is 0. The fraction of sp³-hybridized carbons (Fsp3) is 0.696. The third-order valence-electron chi connectivity index (χ3n) is 6.19. The van der Waals surface area contributed by atoms with E-state index in [1.54, 1.807) is 0 Å². The van der Waals surface area contributed by atoms with Gasteiger partial charge >= 0.3 is 0 Å². The zero-order valence-electron chi connectivity index (χ0n) is 18.2. The van der Waals surface area contributed by atoms with Crippen LogP contribution >= 0.6 is 24.0 Å². The molecule has 2 atom stereocenters. The van der Waals surface area contributed by atoms with Gasteiger partial charge < -0.3 is 15.7 Å². The first-order valence-electron chi connectivity index (χ1n) is 11.0. The van der Waals surface area contributed by atoms with Gasteiger partial charge in [-0.05, 0) is 55.1 Å². The van der Waals surface area contributed by atoms with Crippen LogP contribution in [0, 0.1) is 11.8 Å². The number of nitrogens with one attached hydrogen (secondary N) is 2. The van der Waals surface area contributed by atoms with E-state index in [-0.39, 0.29) is 30.1 Å². The molecular formula is C23H39IN4O. The lowest BCUT2D eigenvalue weighted by atomic mass is 9.80. The van der Waals surface area contributed by atoms with Crippen molar-refractivity contribution in [3.63, 3.8) is 0 Å². The fourth-order valence-corrected chi connectivity index (χ4v) is 4.74. The van der Waals surface area contributed by atoms with E-state index in [4.69, 9.17) is 0 Å². The van der Waals surface area contributed by atoms with E-state index in [0.717, 1.165) is 56.8 Å². The Balaban J connectivity index is 0.00000300. The van der Waals surface area contributed by atoms with Gasteiger partial charge in [0.1, 0.15) is 0 Å². The van der Waals surface area contributed by atoms with Crippen LogP contribution in [-0.2, 0) is 13.1 Å². The van der Waals surface area contributed by atoms with Crippen LogP contribution in [0.5, 0.6) is 0 Å². The molecule has 0 spiro atoms. The van der Waals surface area contributed by atoms with E-state index >= 15 is 0 Å². The molecule has 1 aliphatic carbocycles. The summed E-state index contributed by atoms with van der Waals surface area (Å²) < 4.78 is 0. The predicted octanol–water partition coefficient (Wildman–Crippen LogP) is 3.75. The van der Waals surface area contributed by atoms with Crippen molar-refractivity contribution in [1.29, 1.82) is 0 Å². The maximum absolute atomic E-state index is 9.63. The van der Waals surface area contributed by atoms with Gasteiger partial charge in [0.05, 0.1) is 6.10 Å². The molecule has 1 aromatic carbocycles. The Labute approximate surface area is 193 Å². The zero-order chi connectivity index (χ0) is 19.9. The predicted molar refractivity (Wildman–Crippen MR) is 132 cm³/mol. The highest BCUT2D eigenvalue weighted by Gasteiger charge is 2.24. The summed E-state index contributed by atoms with van der Waals surface area (Å²) in [5.74, 6) is 2.48. The number of hydrogen-bond acceptors (Lipinski definition) is 3. The van der Waals surface area contributed by atoms with Gasteiger partial charge in [0.25, 0.3) is 0 Å². The van der Waals surface area contributed by atoms with E-state index in [1.165, 1.54) is 30.4 Å². The molecule has 2 fully saturated rings. The number of hydrogen-bond donors (Lipinski definition) is 3. The minimum atomic E-state index is -0.104. The van der Waals surface area contributed by atoms with E-state index < -0.39 is 0 Å². The Hall–Kier alpha value is -0.860. The van der Waals surface area contributed by atoms with Crippen LogP contribution in [0.3, 0.4) is 0 Å². The summed E-state index contributed by atoms with van der Waals surface area (Å²) >= 11 is 0. The van der Waals surface area contributed by atoms with Crippen molar-refractivity contribution in [3.8, 4) is 0 Å². The molecule has 164 valence electrons. The number of likely N-dealkylation sites (tertiary alicyclic amines) is 1. The first-order valence-corrected chi connectivity index (χ1v) is 11.0. The van der Waals surface area contributed by atoms with Gasteiger partial charge in [0, 0.05) is 39.3 Å². The first-order chi connectivity index (χ1) is 13.5. The van der Waals surface area contributed by atoms with Gasteiger partial charge in [-0.3, -0.25) is 9.89 Å². The van der Waals surface area contributed by atoms with Crippen molar-refractivity contribution < 1.29 is 5.11 Å². The highest BCUT2D eigenvalue weighted by Crippen LogP contribution is 2.28. The molecule has 0 aromatic heterocycles. The highest BCUT2D eigenvalue weighted by atomic mass is 127. The van der Waals surface area contributed by atoms with Gasteiger partial charge in [0.15, 0.2) is 5.96 Å². The number of nitrogens with zero attached hydrogens (tertiary/aromatic N) is 2. The molecule has 0 bridgehead atoms. The normalized spacial score (nSPS) is 26.6. The smallest absolute Gasteiger partial charge is 0.191 e. The van der Waals surface area contributed by atoms with E-state index in [1.807, 2.05) is 7.05 Å². The average molecular weight is 514 g/mol. The summed E-state index contributed by atoms with van der Waals surface area (Å²) in [7, 11) is 1.85. The molecule has 3 N–H and O–H groups in total. The third-order valence-corrected chi connectivity index (χ3v) is 6.19. The Morgan fingerprint density at radius 2 is 1.62 bits per heavy atom. The molecule has 1 aromatic rings. The summed E-state index contributed by atoms with van der Waals surface area (Å²) in [6.45, 7) is 8.45. The minimum Gasteiger partial charge on any atom is -0.393 e. The second-order valence-electron chi connectivity index (χ2n) is 9.01.